The van der Waals surface area contributed by atoms with Crippen LogP contribution in [-0.2, 0) is 6.54 Å². The van der Waals surface area contributed by atoms with Crippen molar-refractivity contribution in [3.8, 4) is 10.6 Å². The number of anilines is 1. The number of hydrogen-bond donors (Lipinski definition) is 1. The zero-order chi connectivity index (χ0) is 19.3. The first-order valence-electron chi connectivity index (χ1n) is 9.51. The van der Waals surface area contributed by atoms with Crippen LogP contribution >= 0.6 is 11.3 Å². The van der Waals surface area contributed by atoms with Crippen LogP contribution < -0.4 is 10.2 Å². The second kappa shape index (κ2) is 8.54. The van der Waals surface area contributed by atoms with Gasteiger partial charge in [0.15, 0.2) is 0 Å². The third kappa shape index (κ3) is 4.24. The Morgan fingerprint density at radius 3 is 2.54 bits per heavy atom. The molecule has 1 amide bonds. The summed E-state index contributed by atoms with van der Waals surface area (Å²) >= 11 is 1.49. The lowest BCUT2D eigenvalue weighted by atomic mass is 10.1. The average Bonchev–Trinajstić information content (AvgIpc) is 3.24. The quantitative estimate of drug-likeness (QED) is 0.722. The van der Waals surface area contributed by atoms with Crippen molar-refractivity contribution >= 4 is 22.9 Å². The van der Waals surface area contributed by atoms with Gasteiger partial charge in [0.1, 0.15) is 10.7 Å². The van der Waals surface area contributed by atoms with Crippen molar-refractivity contribution in [3.63, 3.8) is 0 Å². The number of carbonyl (C=O) groups is 1. The van der Waals surface area contributed by atoms with E-state index in [4.69, 9.17) is 0 Å². The highest BCUT2D eigenvalue weighted by Crippen LogP contribution is 2.24. The van der Waals surface area contributed by atoms with E-state index in [1.165, 1.54) is 17.0 Å². The van der Waals surface area contributed by atoms with Crippen molar-refractivity contribution in [1.82, 2.24) is 15.2 Å². The highest BCUT2D eigenvalue weighted by molar-refractivity contribution is 7.13. The van der Waals surface area contributed by atoms with Crippen LogP contribution in [0.15, 0.2) is 60.0 Å². The van der Waals surface area contributed by atoms with Gasteiger partial charge in [-0.2, -0.15) is 0 Å². The Hall–Kier alpha value is -2.70. The number of carbonyl (C=O) groups excluding carboxylic acids is 1. The van der Waals surface area contributed by atoms with E-state index < -0.39 is 0 Å². The fourth-order valence-corrected chi connectivity index (χ4v) is 4.18. The average molecular weight is 393 g/mol. The molecular weight excluding hydrogens is 368 g/mol. The lowest BCUT2D eigenvalue weighted by molar-refractivity contribution is 0.0946. The lowest BCUT2D eigenvalue weighted by Crippen LogP contribution is -2.45. The van der Waals surface area contributed by atoms with Gasteiger partial charge in [-0.3, -0.25) is 4.79 Å². The monoisotopic (exact) mass is 392 g/mol. The fraction of sp³-hybridized carbons (Fsp3) is 0.273. The van der Waals surface area contributed by atoms with Crippen LogP contribution in [0, 0.1) is 0 Å². The smallest absolute Gasteiger partial charge is 0.271 e. The van der Waals surface area contributed by atoms with E-state index in [1.807, 2.05) is 41.8 Å². The molecule has 4 rings (SSSR count). The van der Waals surface area contributed by atoms with Gasteiger partial charge in [0, 0.05) is 49.4 Å². The molecule has 1 aromatic heterocycles. The predicted octanol–water partition coefficient (Wildman–Crippen LogP) is 3.49. The molecule has 1 N–H and O–H groups in total. The molecule has 0 radical (unpaired) electrons. The first-order chi connectivity index (χ1) is 13.7. The largest absolute Gasteiger partial charge is 0.369 e. The number of amides is 1. The van der Waals surface area contributed by atoms with Crippen LogP contribution in [0.2, 0.25) is 0 Å². The number of thiazole rings is 1. The molecule has 1 aliphatic rings. The maximum absolute atomic E-state index is 12.6. The number of likely N-dealkylation sites (N-methyl/N-ethyl adjacent to an activating group) is 1. The van der Waals surface area contributed by atoms with Crippen molar-refractivity contribution in [3.05, 3.63) is 71.2 Å². The molecule has 0 saturated carbocycles. The van der Waals surface area contributed by atoms with E-state index in [9.17, 15) is 4.79 Å². The number of nitrogens with one attached hydrogen (secondary N) is 1. The molecule has 1 fully saturated rings. The number of para-hydroxylation sites is 1. The number of hydrogen-bond acceptors (Lipinski definition) is 5. The number of rotatable bonds is 5. The van der Waals surface area contributed by atoms with Gasteiger partial charge < -0.3 is 15.1 Å². The molecule has 0 spiro atoms. The van der Waals surface area contributed by atoms with E-state index in [0.717, 1.165) is 42.3 Å². The Bertz CT molecular complexity index is 932. The molecule has 0 atom stereocenters. The molecule has 1 aliphatic heterocycles. The second-order valence-corrected chi connectivity index (χ2v) is 7.86. The summed E-state index contributed by atoms with van der Waals surface area (Å²) in [6, 6.07) is 18.3. The summed E-state index contributed by atoms with van der Waals surface area (Å²) in [5.74, 6) is -0.133. The van der Waals surface area contributed by atoms with E-state index in [-0.39, 0.29) is 5.91 Å². The second-order valence-electron chi connectivity index (χ2n) is 7.01. The molecule has 6 heteroatoms. The Labute approximate surface area is 169 Å². The Balaban J connectivity index is 1.42. The summed E-state index contributed by atoms with van der Waals surface area (Å²) in [6.07, 6.45) is 0. The maximum atomic E-state index is 12.6. The highest BCUT2D eigenvalue weighted by Gasteiger charge is 2.17. The van der Waals surface area contributed by atoms with Crippen molar-refractivity contribution in [2.24, 2.45) is 0 Å². The Morgan fingerprint density at radius 1 is 1.04 bits per heavy atom. The Morgan fingerprint density at radius 2 is 1.75 bits per heavy atom. The highest BCUT2D eigenvalue weighted by atomic mass is 32.1. The van der Waals surface area contributed by atoms with Gasteiger partial charge in [-0.05, 0) is 18.7 Å². The Kier molecular flexibility index (Phi) is 5.69. The maximum Gasteiger partial charge on any atom is 0.271 e. The molecule has 28 heavy (non-hydrogen) atoms. The van der Waals surface area contributed by atoms with Crippen molar-refractivity contribution in [2.75, 3.05) is 38.1 Å². The predicted molar refractivity (Wildman–Crippen MR) is 115 cm³/mol. The van der Waals surface area contributed by atoms with E-state index >= 15 is 0 Å². The van der Waals surface area contributed by atoms with Crippen molar-refractivity contribution < 1.29 is 4.79 Å². The van der Waals surface area contributed by atoms with E-state index in [2.05, 4.69) is 45.3 Å². The third-order valence-corrected chi connectivity index (χ3v) is 5.92. The summed E-state index contributed by atoms with van der Waals surface area (Å²) in [5, 5.41) is 5.72. The van der Waals surface area contributed by atoms with Gasteiger partial charge in [0.25, 0.3) is 5.91 Å². The minimum Gasteiger partial charge on any atom is -0.369 e. The standard InChI is InChI=1S/C22H24N4OS/c1-25-11-13-26(14-12-25)20-10-6-5-9-18(20)15-23-21(27)19-16-28-22(24-19)17-7-3-2-4-8-17/h2-10,16H,11-15H2,1H3,(H,23,27). The SMILES string of the molecule is CN1CCN(c2ccccc2CNC(=O)c2csc(-c3ccccc3)n2)CC1. The first-order valence-corrected chi connectivity index (χ1v) is 10.4. The molecule has 0 bridgehead atoms. The number of piperazine rings is 1. The van der Waals surface area contributed by atoms with Crippen LogP contribution in [0.3, 0.4) is 0 Å². The minimum absolute atomic E-state index is 0.133. The molecule has 144 valence electrons. The number of benzene rings is 2. The van der Waals surface area contributed by atoms with Crippen molar-refractivity contribution in [1.29, 1.82) is 0 Å². The van der Waals surface area contributed by atoms with Crippen LogP contribution in [-0.4, -0.2) is 49.0 Å². The van der Waals surface area contributed by atoms with Crippen LogP contribution in [0.4, 0.5) is 5.69 Å². The van der Waals surface area contributed by atoms with Gasteiger partial charge in [0.05, 0.1) is 0 Å². The lowest BCUT2D eigenvalue weighted by Gasteiger charge is -2.35. The summed E-state index contributed by atoms with van der Waals surface area (Å²) < 4.78 is 0. The molecule has 5 nitrogen and oxygen atoms in total. The fourth-order valence-electron chi connectivity index (χ4n) is 3.37. The molecule has 3 aromatic rings. The topological polar surface area (TPSA) is 48.5 Å². The van der Waals surface area contributed by atoms with Crippen LogP contribution in [0.25, 0.3) is 10.6 Å². The molecule has 1 saturated heterocycles. The third-order valence-electron chi connectivity index (χ3n) is 5.03. The van der Waals surface area contributed by atoms with Gasteiger partial charge in [-0.1, -0.05) is 48.5 Å². The molecule has 2 heterocycles. The van der Waals surface area contributed by atoms with E-state index in [1.54, 1.807) is 0 Å². The zero-order valence-corrected chi connectivity index (χ0v) is 16.8. The molecule has 2 aromatic carbocycles. The van der Waals surface area contributed by atoms with Crippen molar-refractivity contribution in [2.45, 2.75) is 6.54 Å². The molecule has 0 aliphatic carbocycles. The van der Waals surface area contributed by atoms with Gasteiger partial charge in [-0.25, -0.2) is 4.98 Å². The summed E-state index contributed by atoms with van der Waals surface area (Å²) in [4.78, 5) is 21.9. The first kappa shape index (κ1) is 18.7. The minimum atomic E-state index is -0.133. The molecular formula is C22H24N4OS. The summed E-state index contributed by atoms with van der Waals surface area (Å²) in [5.41, 5.74) is 3.85. The van der Waals surface area contributed by atoms with E-state index in [0.29, 0.717) is 12.2 Å². The summed E-state index contributed by atoms with van der Waals surface area (Å²) in [6.45, 7) is 4.63. The normalized spacial score (nSPS) is 14.8. The van der Waals surface area contributed by atoms with Crippen LogP contribution in [0.1, 0.15) is 16.1 Å². The summed E-state index contributed by atoms with van der Waals surface area (Å²) in [7, 11) is 2.15. The number of aromatic nitrogens is 1. The van der Waals surface area contributed by atoms with Gasteiger partial charge in [0.2, 0.25) is 0 Å². The zero-order valence-electron chi connectivity index (χ0n) is 16.0. The molecule has 0 unspecified atom stereocenters. The van der Waals surface area contributed by atoms with Gasteiger partial charge >= 0.3 is 0 Å². The van der Waals surface area contributed by atoms with Crippen LogP contribution in [0.5, 0.6) is 0 Å². The number of nitrogens with zero attached hydrogens (tertiary/aromatic N) is 3. The van der Waals surface area contributed by atoms with Gasteiger partial charge in [-0.15, -0.1) is 11.3 Å².